The smallest absolute Gasteiger partial charge is 0.212 e. The highest BCUT2D eigenvalue weighted by atomic mass is 32.1. The maximum atomic E-state index is 4.30. The summed E-state index contributed by atoms with van der Waals surface area (Å²) < 4.78 is 1.99. The lowest BCUT2D eigenvalue weighted by Crippen LogP contribution is -2.29. The second-order valence-electron chi connectivity index (χ2n) is 4.02. The summed E-state index contributed by atoms with van der Waals surface area (Å²) in [5, 5.41) is 10.0. The molecule has 0 aliphatic carbocycles. The van der Waals surface area contributed by atoms with E-state index in [2.05, 4.69) is 32.9 Å². The Kier molecular flexibility index (Phi) is 2.08. The van der Waals surface area contributed by atoms with Crippen molar-refractivity contribution < 1.29 is 0 Å². The van der Waals surface area contributed by atoms with Crippen LogP contribution in [0.1, 0.15) is 21.5 Å². The van der Waals surface area contributed by atoms with Crippen molar-refractivity contribution in [3.8, 4) is 0 Å². The molecule has 0 bridgehead atoms. The van der Waals surface area contributed by atoms with Crippen LogP contribution in [0, 0.1) is 0 Å². The molecule has 4 heterocycles. The first-order valence-corrected chi connectivity index (χ1v) is 7.21. The highest BCUT2D eigenvalue weighted by Crippen LogP contribution is 2.36. The Morgan fingerprint density at radius 1 is 1.47 bits per heavy atom. The molecule has 0 fully saturated rings. The van der Waals surface area contributed by atoms with E-state index < -0.39 is 0 Å². The summed E-state index contributed by atoms with van der Waals surface area (Å²) in [6.45, 7) is 1.00. The van der Waals surface area contributed by atoms with E-state index in [4.69, 9.17) is 0 Å². The third-order valence-corrected chi connectivity index (χ3v) is 5.15. The normalized spacial score (nSPS) is 19.6. The van der Waals surface area contributed by atoms with Crippen molar-refractivity contribution in [2.24, 2.45) is 0 Å². The van der Waals surface area contributed by atoms with Crippen molar-refractivity contribution in [3.05, 3.63) is 39.3 Å². The molecule has 0 amide bonds. The van der Waals surface area contributed by atoms with Gasteiger partial charge in [-0.15, -0.1) is 11.3 Å². The van der Waals surface area contributed by atoms with Crippen molar-refractivity contribution in [2.75, 3.05) is 6.54 Å². The lowest BCUT2D eigenvalue weighted by molar-refractivity contribution is 0.568. The fourth-order valence-corrected chi connectivity index (χ4v) is 4.37. The third-order valence-electron chi connectivity index (χ3n) is 3.06. The average molecular weight is 262 g/mol. The molecule has 0 aromatic carbocycles. The number of nitrogens with one attached hydrogen (secondary N) is 1. The maximum absolute atomic E-state index is 4.30. The molecule has 0 spiro atoms. The quantitative estimate of drug-likeness (QED) is 0.730. The number of nitrogens with zero attached hydrogens (tertiary/aromatic N) is 3. The Labute approximate surface area is 106 Å². The minimum absolute atomic E-state index is 0.326. The van der Waals surface area contributed by atoms with Crippen LogP contribution in [0.15, 0.2) is 23.8 Å². The number of hydrogen-bond donors (Lipinski definition) is 1. The second kappa shape index (κ2) is 3.63. The van der Waals surface area contributed by atoms with Crippen LogP contribution >= 0.6 is 22.7 Å². The Morgan fingerprint density at radius 3 is 3.35 bits per heavy atom. The monoisotopic (exact) mass is 262 g/mol. The summed E-state index contributed by atoms with van der Waals surface area (Å²) in [5.41, 5.74) is 1.32. The summed E-state index contributed by atoms with van der Waals surface area (Å²) in [7, 11) is 0. The highest BCUT2D eigenvalue weighted by Gasteiger charge is 2.27. The van der Waals surface area contributed by atoms with Gasteiger partial charge >= 0.3 is 0 Å². The van der Waals surface area contributed by atoms with Crippen molar-refractivity contribution in [3.63, 3.8) is 0 Å². The lowest BCUT2D eigenvalue weighted by Gasteiger charge is -2.22. The number of aromatic nitrogens is 3. The van der Waals surface area contributed by atoms with Crippen molar-refractivity contribution >= 4 is 27.6 Å². The van der Waals surface area contributed by atoms with Crippen molar-refractivity contribution in [1.29, 1.82) is 0 Å². The largest absolute Gasteiger partial charge is 0.304 e. The van der Waals surface area contributed by atoms with E-state index in [0.29, 0.717) is 6.04 Å². The molecule has 1 atom stereocenters. The Morgan fingerprint density at radius 2 is 2.47 bits per heavy atom. The topological polar surface area (TPSA) is 42.2 Å². The molecule has 86 valence electrons. The minimum atomic E-state index is 0.326. The highest BCUT2D eigenvalue weighted by molar-refractivity contribution is 7.17. The van der Waals surface area contributed by atoms with Gasteiger partial charge in [-0.25, -0.2) is 9.50 Å². The zero-order chi connectivity index (χ0) is 11.2. The number of fused-ring (bicyclic) bond motifs is 3. The standard InChI is InChI=1S/C11H10N4S2/c1-2-8(16-5-1)9-10-7(3-4-12-9)15-11(17-10)13-6-14-15/h1-2,5-6,9,12H,3-4H2. The zero-order valence-corrected chi connectivity index (χ0v) is 10.6. The second-order valence-corrected chi connectivity index (χ2v) is 6.01. The summed E-state index contributed by atoms with van der Waals surface area (Å²) in [6, 6.07) is 4.62. The molecule has 1 unspecified atom stereocenters. The van der Waals surface area contributed by atoms with Crippen LogP contribution in [0.3, 0.4) is 0 Å². The predicted molar refractivity (Wildman–Crippen MR) is 68.7 cm³/mol. The summed E-state index contributed by atoms with van der Waals surface area (Å²) in [4.78, 5) is 8.03. The molecule has 1 N–H and O–H groups in total. The average Bonchev–Trinajstić information content (AvgIpc) is 3.05. The molecule has 1 aliphatic heterocycles. The summed E-state index contributed by atoms with van der Waals surface area (Å²) in [5.74, 6) is 0. The fraction of sp³-hybridized carbons (Fsp3) is 0.273. The number of hydrogen-bond acceptors (Lipinski definition) is 5. The van der Waals surface area contributed by atoms with Crippen LogP contribution in [0.5, 0.6) is 0 Å². The maximum Gasteiger partial charge on any atom is 0.212 e. The van der Waals surface area contributed by atoms with E-state index in [1.807, 2.05) is 4.52 Å². The molecule has 0 radical (unpaired) electrons. The summed E-state index contributed by atoms with van der Waals surface area (Å²) in [6.07, 6.45) is 2.66. The molecule has 3 aromatic heterocycles. The van der Waals surface area contributed by atoms with Gasteiger partial charge in [-0.3, -0.25) is 0 Å². The molecular formula is C11H10N4S2. The Balaban J connectivity index is 1.92. The molecule has 3 aromatic rings. The van der Waals surface area contributed by atoms with Gasteiger partial charge in [-0.05, 0) is 11.4 Å². The van der Waals surface area contributed by atoms with Crippen molar-refractivity contribution in [2.45, 2.75) is 12.5 Å². The van der Waals surface area contributed by atoms with E-state index in [1.54, 1.807) is 29.0 Å². The third kappa shape index (κ3) is 1.38. The lowest BCUT2D eigenvalue weighted by atomic mass is 10.1. The SMILES string of the molecule is c1csc(C2NCCc3c2sc2ncnn32)c1. The molecule has 4 rings (SSSR count). The Hall–Kier alpha value is -1.24. The number of thiazole rings is 1. The van der Waals surface area contributed by atoms with Crippen LogP contribution < -0.4 is 5.32 Å². The molecule has 6 heteroatoms. The van der Waals surface area contributed by atoms with Gasteiger partial charge in [0.05, 0.1) is 16.6 Å². The van der Waals surface area contributed by atoms with Crippen molar-refractivity contribution in [1.82, 2.24) is 19.9 Å². The minimum Gasteiger partial charge on any atom is -0.304 e. The molecule has 17 heavy (non-hydrogen) atoms. The molecule has 4 nitrogen and oxygen atoms in total. The van der Waals surface area contributed by atoms with Gasteiger partial charge in [-0.1, -0.05) is 17.4 Å². The van der Waals surface area contributed by atoms with E-state index in [-0.39, 0.29) is 0 Å². The van der Waals surface area contributed by atoms with E-state index in [0.717, 1.165) is 17.9 Å². The van der Waals surface area contributed by atoms with Crippen LogP contribution in [-0.4, -0.2) is 21.1 Å². The van der Waals surface area contributed by atoms with E-state index >= 15 is 0 Å². The van der Waals surface area contributed by atoms with Gasteiger partial charge in [0.1, 0.15) is 6.33 Å². The molecule has 1 aliphatic rings. The van der Waals surface area contributed by atoms with Crippen LogP contribution in [0.25, 0.3) is 4.96 Å². The first kappa shape index (κ1) is 9.76. The number of rotatable bonds is 1. The number of thiophene rings is 1. The van der Waals surface area contributed by atoms with Gasteiger partial charge in [0.2, 0.25) is 4.96 Å². The zero-order valence-electron chi connectivity index (χ0n) is 8.96. The van der Waals surface area contributed by atoms with Gasteiger partial charge < -0.3 is 5.32 Å². The first-order valence-electron chi connectivity index (χ1n) is 5.51. The molecule has 0 saturated heterocycles. The first-order chi connectivity index (χ1) is 8.43. The van der Waals surface area contributed by atoms with E-state index in [9.17, 15) is 0 Å². The van der Waals surface area contributed by atoms with Crippen LogP contribution in [0.2, 0.25) is 0 Å². The van der Waals surface area contributed by atoms with Crippen LogP contribution in [0.4, 0.5) is 0 Å². The fourth-order valence-electron chi connectivity index (χ4n) is 2.31. The van der Waals surface area contributed by atoms with Crippen LogP contribution in [-0.2, 0) is 6.42 Å². The molecule has 0 saturated carbocycles. The van der Waals surface area contributed by atoms with Gasteiger partial charge in [0.15, 0.2) is 0 Å². The Bertz CT molecular complexity index is 652. The molecular weight excluding hydrogens is 252 g/mol. The predicted octanol–water partition coefficient (Wildman–Crippen LogP) is 2.09. The van der Waals surface area contributed by atoms with Gasteiger partial charge in [0.25, 0.3) is 0 Å². The summed E-state index contributed by atoms with van der Waals surface area (Å²) >= 11 is 3.55. The van der Waals surface area contributed by atoms with Gasteiger partial charge in [-0.2, -0.15) is 5.10 Å². The van der Waals surface area contributed by atoms with Gasteiger partial charge in [0, 0.05) is 17.8 Å². The van der Waals surface area contributed by atoms with E-state index in [1.165, 1.54) is 15.4 Å².